The van der Waals surface area contributed by atoms with Crippen LogP contribution in [0.5, 0.6) is 5.75 Å². The topological polar surface area (TPSA) is 75.6 Å². The SMILES string of the molecule is O=C(COc1cccc(Br)c1)NC1(C(=O)O)CCCC1. The van der Waals surface area contributed by atoms with Gasteiger partial charge in [-0.05, 0) is 31.0 Å². The second kappa shape index (κ2) is 6.26. The molecule has 2 N–H and O–H groups in total. The maximum atomic E-state index is 11.9. The Balaban J connectivity index is 1.90. The quantitative estimate of drug-likeness (QED) is 0.861. The molecule has 0 atom stereocenters. The van der Waals surface area contributed by atoms with Crippen LogP contribution in [-0.2, 0) is 9.59 Å². The molecule has 0 spiro atoms. The van der Waals surface area contributed by atoms with Crippen molar-refractivity contribution in [2.75, 3.05) is 6.61 Å². The van der Waals surface area contributed by atoms with E-state index in [1.807, 2.05) is 6.07 Å². The van der Waals surface area contributed by atoms with Gasteiger partial charge in [-0.1, -0.05) is 34.8 Å². The molecule has 0 saturated heterocycles. The van der Waals surface area contributed by atoms with Gasteiger partial charge in [0.2, 0.25) is 0 Å². The summed E-state index contributed by atoms with van der Waals surface area (Å²) in [5, 5.41) is 11.9. The number of hydrogen-bond acceptors (Lipinski definition) is 3. The first-order valence-corrected chi connectivity index (χ1v) is 7.24. The molecule has 0 unspecified atom stereocenters. The van der Waals surface area contributed by atoms with E-state index in [1.165, 1.54) is 0 Å². The first-order chi connectivity index (χ1) is 9.52. The van der Waals surface area contributed by atoms with Gasteiger partial charge in [0, 0.05) is 4.47 Å². The Morgan fingerprint density at radius 3 is 2.65 bits per heavy atom. The highest BCUT2D eigenvalue weighted by atomic mass is 79.9. The highest BCUT2D eigenvalue weighted by Crippen LogP contribution is 2.29. The molecule has 1 aliphatic rings. The zero-order chi connectivity index (χ0) is 14.6. The van der Waals surface area contributed by atoms with E-state index >= 15 is 0 Å². The zero-order valence-corrected chi connectivity index (χ0v) is 12.5. The Morgan fingerprint density at radius 1 is 1.35 bits per heavy atom. The molecule has 0 heterocycles. The van der Waals surface area contributed by atoms with Gasteiger partial charge >= 0.3 is 5.97 Å². The van der Waals surface area contributed by atoms with Crippen molar-refractivity contribution in [3.05, 3.63) is 28.7 Å². The molecule has 1 amide bonds. The Labute approximate surface area is 125 Å². The number of ether oxygens (including phenoxy) is 1. The highest BCUT2D eigenvalue weighted by Gasteiger charge is 2.42. The Hall–Kier alpha value is -1.56. The van der Waals surface area contributed by atoms with Gasteiger partial charge in [0.25, 0.3) is 5.91 Å². The lowest BCUT2D eigenvalue weighted by molar-refractivity contribution is -0.147. The van der Waals surface area contributed by atoms with Crippen LogP contribution in [0.1, 0.15) is 25.7 Å². The van der Waals surface area contributed by atoms with Crippen LogP contribution in [0.15, 0.2) is 28.7 Å². The molecular formula is C14H16BrNO4. The largest absolute Gasteiger partial charge is 0.484 e. The van der Waals surface area contributed by atoms with Crippen molar-refractivity contribution in [1.29, 1.82) is 0 Å². The molecule has 6 heteroatoms. The third kappa shape index (κ3) is 3.50. The number of nitrogens with one attached hydrogen (secondary N) is 1. The van der Waals surface area contributed by atoms with E-state index in [-0.39, 0.29) is 6.61 Å². The van der Waals surface area contributed by atoms with E-state index in [0.29, 0.717) is 18.6 Å². The minimum Gasteiger partial charge on any atom is -0.484 e. The first-order valence-electron chi connectivity index (χ1n) is 6.45. The average Bonchev–Trinajstić information content (AvgIpc) is 2.86. The number of carbonyl (C=O) groups is 2. The van der Waals surface area contributed by atoms with Crippen LogP contribution in [0.2, 0.25) is 0 Å². The van der Waals surface area contributed by atoms with Crippen LogP contribution < -0.4 is 10.1 Å². The Bertz CT molecular complexity index is 512. The molecule has 20 heavy (non-hydrogen) atoms. The van der Waals surface area contributed by atoms with Gasteiger partial charge in [-0.2, -0.15) is 0 Å². The number of benzene rings is 1. The number of carboxylic acids is 1. The molecule has 108 valence electrons. The predicted molar refractivity (Wildman–Crippen MR) is 76.6 cm³/mol. The summed E-state index contributed by atoms with van der Waals surface area (Å²) in [6.07, 6.45) is 2.59. The second-order valence-electron chi connectivity index (χ2n) is 4.89. The number of amides is 1. The van der Waals surface area contributed by atoms with Gasteiger partial charge < -0.3 is 15.2 Å². The predicted octanol–water partition coefficient (Wildman–Crippen LogP) is 2.34. The first kappa shape index (κ1) is 14.8. The smallest absolute Gasteiger partial charge is 0.329 e. The van der Waals surface area contributed by atoms with Gasteiger partial charge in [0.1, 0.15) is 11.3 Å². The molecule has 1 saturated carbocycles. The molecule has 0 aromatic heterocycles. The van der Waals surface area contributed by atoms with Crippen molar-refractivity contribution in [2.45, 2.75) is 31.2 Å². The van der Waals surface area contributed by atoms with Crippen LogP contribution >= 0.6 is 15.9 Å². The fourth-order valence-electron chi connectivity index (χ4n) is 2.38. The molecule has 5 nitrogen and oxygen atoms in total. The lowest BCUT2D eigenvalue weighted by atomic mass is 9.98. The van der Waals surface area contributed by atoms with Crippen molar-refractivity contribution in [1.82, 2.24) is 5.32 Å². The monoisotopic (exact) mass is 341 g/mol. The third-order valence-electron chi connectivity index (χ3n) is 3.41. The lowest BCUT2D eigenvalue weighted by Gasteiger charge is -2.25. The summed E-state index contributed by atoms with van der Waals surface area (Å²) in [6, 6.07) is 7.13. The van der Waals surface area contributed by atoms with Crippen molar-refractivity contribution in [3.63, 3.8) is 0 Å². The number of hydrogen-bond donors (Lipinski definition) is 2. The fourth-order valence-corrected chi connectivity index (χ4v) is 2.76. The van der Waals surface area contributed by atoms with Crippen LogP contribution in [0.4, 0.5) is 0 Å². The maximum absolute atomic E-state index is 11.9. The maximum Gasteiger partial charge on any atom is 0.329 e. The molecule has 1 aliphatic carbocycles. The fraction of sp³-hybridized carbons (Fsp3) is 0.429. The summed E-state index contributed by atoms with van der Waals surface area (Å²) in [4.78, 5) is 23.2. The summed E-state index contributed by atoms with van der Waals surface area (Å²) in [5.41, 5.74) is -1.11. The van der Waals surface area contributed by atoms with Crippen LogP contribution in [0.25, 0.3) is 0 Å². The second-order valence-corrected chi connectivity index (χ2v) is 5.80. The minimum atomic E-state index is -1.11. The Kier molecular flexibility index (Phi) is 4.65. The lowest BCUT2D eigenvalue weighted by Crippen LogP contribution is -2.53. The molecule has 0 aliphatic heterocycles. The number of carbonyl (C=O) groups excluding carboxylic acids is 1. The van der Waals surface area contributed by atoms with Gasteiger partial charge in [0.05, 0.1) is 0 Å². The van der Waals surface area contributed by atoms with Crippen molar-refractivity contribution in [2.24, 2.45) is 0 Å². The van der Waals surface area contributed by atoms with Gasteiger partial charge in [-0.3, -0.25) is 4.79 Å². The average molecular weight is 342 g/mol. The molecule has 0 radical (unpaired) electrons. The molecule has 2 rings (SSSR count). The van der Waals surface area contributed by atoms with E-state index in [1.54, 1.807) is 18.2 Å². The third-order valence-corrected chi connectivity index (χ3v) is 3.90. The van der Waals surface area contributed by atoms with E-state index in [2.05, 4.69) is 21.2 Å². The van der Waals surface area contributed by atoms with Crippen molar-refractivity contribution >= 4 is 27.8 Å². The zero-order valence-electron chi connectivity index (χ0n) is 10.9. The minimum absolute atomic E-state index is 0.189. The van der Waals surface area contributed by atoms with Crippen LogP contribution in [0.3, 0.4) is 0 Å². The molecular weight excluding hydrogens is 326 g/mol. The van der Waals surface area contributed by atoms with Crippen LogP contribution in [-0.4, -0.2) is 29.1 Å². The standard InChI is InChI=1S/C14H16BrNO4/c15-10-4-3-5-11(8-10)20-9-12(17)16-14(13(18)19)6-1-2-7-14/h3-5,8H,1-2,6-7,9H2,(H,16,17)(H,18,19). The summed E-state index contributed by atoms with van der Waals surface area (Å²) in [7, 11) is 0. The van der Waals surface area contributed by atoms with Crippen molar-refractivity contribution < 1.29 is 19.4 Å². The molecule has 1 fully saturated rings. The molecule has 0 bridgehead atoms. The molecule has 1 aromatic rings. The Morgan fingerprint density at radius 2 is 2.05 bits per heavy atom. The van der Waals surface area contributed by atoms with Gasteiger partial charge in [-0.25, -0.2) is 4.79 Å². The van der Waals surface area contributed by atoms with E-state index in [9.17, 15) is 14.7 Å². The molecule has 1 aromatic carbocycles. The highest BCUT2D eigenvalue weighted by molar-refractivity contribution is 9.10. The summed E-state index contributed by atoms with van der Waals surface area (Å²) < 4.78 is 6.20. The van der Waals surface area contributed by atoms with Crippen LogP contribution in [0, 0.1) is 0 Å². The number of carboxylic acid groups (broad SMARTS) is 1. The number of halogens is 1. The number of rotatable bonds is 5. The van der Waals surface area contributed by atoms with Crippen molar-refractivity contribution in [3.8, 4) is 5.75 Å². The van der Waals surface area contributed by atoms with E-state index < -0.39 is 17.4 Å². The van der Waals surface area contributed by atoms with Gasteiger partial charge in [0.15, 0.2) is 6.61 Å². The summed E-state index contributed by atoms with van der Waals surface area (Å²) in [5.74, 6) is -0.814. The van der Waals surface area contributed by atoms with Gasteiger partial charge in [-0.15, -0.1) is 0 Å². The summed E-state index contributed by atoms with van der Waals surface area (Å²) in [6.45, 7) is -0.189. The summed E-state index contributed by atoms with van der Waals surface area (Å²) >= 11 is 3.31. The number of aliphatic carboxylic acids is 1. The normalized spacial score (nSPS) is 16.6. The van der Waals surface area contributed by atoms with E-state index in [0.717, 1.165) is 17.3 Å². The van der Waals surface area contributed by atoms with E-state index in [4.69, 9.17) is 4.74 Å².